The van der Waals surface area contributed by atoms with Crippen molar-refractivity contribution in [2.75, 3.05) is 11.4 Å². The average Bonchev–Trinajstić information content (AvgIpc) is 3.24. The number of anilines is 1. The Labute approximate surface area is 195 Å². The Hall–Kier alpha value is -4.37. The van der Waals surface area contributed by atoms with Crippen molar-refractivity contribution in [1.29, 1.82) is 0 Å². The summed E-state index contributed by atoms with van der Waals surface area (Å²) in [4.78, 5) is 36.7. The number of rotatable bonds is 4. The summed E-state index contributed by atoms with van der Waals surface area (Å²) < 4.78 is 86.0. The Morgan fingerprint density at radius 3 is 2.50 bits per heavy atom. The topological polar surface area (TPSA) is 121 Å². The van der Waals surface area contributed by atoms with Crippen molar-refractivity contribution in [2.24, 2.45) is 5.92 Å². The zero-order valence-corrected chi connectivity index (χ0v) is 17.6. The minimum atomic E-state index is -4.69. The van der Waals surface area contributed by atoms with Gasteiger partial charge in [-0.2, -0.15) is 31.4 Å². The predicted octanol–water partition coefficient (Wildman–Crippen LogP) is 2.59. The number of pyridine rings is 1. The molecule has 188 valence electrons. The molecule has 2 unspecified atom stereocenters. The largest absolute Gasteiger partial charge is 0.453 e. The zero-order chi connectivity index (χ0) is 25.8. The molecule has 0 aliphatic carbocycles. The van der Waals surface area contributed by atoms with E-state index in [1.54, 1.807) is 0 Å². The molecule has 0 saturated carbocycles. The third-order valence-corrected chi connectivity index (χ3v) is 5.51. The standard InChI is InChI=1S/C20H13F6N7O3/c21-19(22,23)9-1-2-14(28-6-9)36-17-11(20(24,25)26)8-32(17)13-5-12(31-33-4-3-27-15(13)33)10-7-29-18(35)30-16(10)34/h1-7,11,17H,8H2,(H2,29,30,34,35). The van der Waals surface area contributed by atoms with Gasteiger partial charge in [0.15, 0.2) is 11.9 Å². The molecule has 1 aliphatic heterocycles. The minimum Gasteiger partial charge on any atom is -0.453 e. The quantitative estimate of drug-likeness (QED) is 0.403. The van der Waals surface area contributed by atoms with E-state index in [4.69, 9.17) is 4.74 Å². The number of H-pyrrole nitrogens is 2. The molecule has 0 aromatic carbocycles. The molecule has 10 nitrogen and oxygen atoms in total. The van der Waals surface area contributed by atoms with Crippen molar-refractivity contribution in [3.05, 3.63) is 69.4 Å². The Morgan fingerprint density at radius 2 is 1.86 bits per heavy atom. The first-order valence-electron chi connectivity index (χ1n) is 10.1. The highest BCUT2D eigenvalue weighted by molar-refractivity contribution is 5.75. The van der Waals surface area contributed by atoms with Gasteiger partial charge in [0.2, 0.25) is 5.88 Å². The summed E-state index contributed by atoms with van der Waals surface area (Å²) in [7, 11) is 0. The van der Waals surface area contributed by atoms with Gasteiger partial charge in [0.05, 0.1) is 16.8 Å². The number of hydrogen-bond donors (Lipinski definition) is 2. The van der Waals surface area contributed by atoms with Crippen LogP contribution in [0.15, 0.2) is 52.6 Å². The van der Waals surface area contributed by atoms with E-state index in [-0.39, 0.29) is 22.6 Å². The fourth-order valence-corrected chi connectivity index (χ4v) is 3.72. The molecule has 0 amide bonds. The highest BCUT2D eigenvalue weighted by atomic mass is 19.4. The summed E-state index contributed by atoms with van der Waals surface area (Å²) in [5.41, 5.74) is -2.45. The lowest BCUT2D eigenvalue weighted by Crippen LogP contribution is -2.64. The third-order valence-electron chi connectivity index (χ3n) is 5.51. The predicted molar refractivity (Wildman–Crippen MR) is 110 cm³/mol. The number of nitrogens with one attached hydrogen (secondary N) is 2. The normalized spacial score (nSPS) is 18.3. The molecule has 16 heteroatoms. The first-order valence-corrected chi connectivity index (χ1v) is 10.1. The van der Waals surface area contributed by atoms with Gasteiger partial charge in [-0.1, -0.05) is 0 Å². The second-order valence-corrected chi connectivity index (χ2v) is 7.79. The monoisotopic (exact) mass is 513 g/mol. The smallest absolute Gasteiger partial charge is 0.417 e. The zero-order valence-electron chi connectivity index (χ0n) is 17.6. The van der Waals surface area contributed by atoms with Gasteiger partial charge in [-0.05, 0) is 12.1 Å². The van der Waals surface area contributed by atoms with Crippen LogP contribution in [0.25, 0.3) is 16.9 Å². The number of hydrogen-bond acceptors (Lipinski definition) is 7. The van der Waals surface area contributed by atoms with Crippen LogP contribution in [0.4, 0.5) is 32.0 Å². The van der Waals surface area contributed by atoms with E-state index in [9.17, 15) is 35.9 Å². The van der Waals surface area contributed by atoms with Gasteiger partial charge in [-0.25, -0.2) is 19.3 Å². The number of imidazole rings is 1. The number of alkyl halides is 6. The van der Waals surface area contributed by atoms with Gasteiger partial charge < -0.3 is 14.6 Å². The summed E-state index contributed by atoms with van der Waals surface area (Å²) in [5.74, 6) is -2.44. The molecule has 0 radical (unpaired) electrons. The maximum atomic E-state index is 13.7. The van der Waals surface area contributed by atoms with Gasteiger partial charge >= 0.3 is 18.0 Å². The van der Waals surface area contributed by atoms with Gasteiger partial charge in [0.1, 0.15) is 11.6 Å². The fraction of sp³-hybridized carbons (Fsp3) is 0.250. The first-order chi connectivity index (χ1) is 16.9. The van der Waals surface area contributed by atoms with Crippen LogP contribution in [0, 0.1) is 5.92 Å². The molecule has 5 heterocycles. The van der Waals surface area contributed by atoms with Gasteiger partial charge in [0.25, 0.3) is 5.56 Å². The lowest BCUT2D eigenvalue weighted by atomic mass is 9.95. The number of ether oxygens (including phenoxy) is 1. The highest BCUT2D eigenvalue weighted by Gasteiger charge is 2.57. The first kappa shape index (κ1) is 23.4. The number of halogens is 6. The van der Waals surface area contributed by atoms with E-state index in [1.165, 1.54) is 27.9 Å². The van der Waals surface area contributed by atoms with Crippen LogP contribution in [0.1, 0.15) is 5.56 Å². The van der Waals surface area contributed by atoms with E-state index in [1.807, 2.05) is 4.98 Å². The fourth-order valence-electron chi connectivity index (χ4n) is 3.72. The SMILES string of the molecule is O=c1[nH]cc(-c2cc(N3CC(C(F)(F)F)C3Oc3ccc(C(F)(F)F)cn3)c3nccn3n2)c(=O)[nH]1. The Morgan fingerprint density at radius 1 is 1.08 bits per heavy atom. The molecule has 2 N–H and O–H groups in total. The van der Waals surface area contributed by atoms with Crippen LogP contribution in [-0.4, -0.2) is 48.5 Å². The van der Waals surface area contributed by atoms with Crippen molar-refractivity contribution in [1.82, 2.24) is 29.5 Å². The maximum Gasteiger partial charge on any atom is 0.417 e. The molecule has 2 atom stereocenters. The lowest BCUT2D eigenvalue weighted by Gasteiger charge is -2.48. The number of nitrogens with zero attached hydrogens (tertiary/aromatic N) is 5. The van der Waals surface area contributed by atoms with Gasteiger partial charge in [-0.15, -0.1) is 0 Å². The van der Waals surface area contributed by atoms with Crippen LogP contribution in [0.2, 0.25) is 0 Å². The molecule has 1 aliphatic rings. The number of aromatic amines is 2. The number of fused-ring (bicyclic) bond motifs is 1. The maximum absolute atomic E-state index is 13.7. The molecule has 1 fully saturated rings. The van der Waals surface area contributed by atoms with Crippen molar-refractivity contribution in [3.63, 3.8) is 0 Å². The molecular formula is C20H13F6N7O3. The van der Waals surface area contributed by atoms with E-state index in [0.29, 0.717) is 12.3 Å². The van der Waals surface area contributed by atoms with Crippen LogP contribution in [0.3, 0.4) is 0 Å². The van der Waals surface area contributed by atoms with Crippen LogP contribution >= 0.6 is 0 Å². The second-order valence-electron chi connectivity index (χ2n) is 7.79. The summed E-state index contributed by atoms with van der Waals surface area (Å²) in [6.45, 7) is -0.567. The average molecular weight is 513 g/mol. The van der Waals surface area contributed by atoms with Gasteiger partial charge in [0, 0.05) is 37.4 Å². The van der Waals surface area contributed by atoms with E-state index < -0.39 is 53.7 Å². The van der Waals surface area contributed by atoms with E-state index in [2.05, 4.69) is 20.1 Å². The summed E-state index contributed by atoms with van der Waals surface area (Å²) in [6, 6.07) is 2.78. The molecular weight excluding hydrogens is 500 g/mol. The minimum absolute atomic E-state index is 0.00913. The van der Waals surface area contributed by atoms with E-state index >= 15 is 0 Å². The van der Waals surface area contributed by atoms with Crippen LogP contribution < -0.4 is 20.9 Å². The molecule has 0 spiro atoms. The Kier molecular flexibility index (Phi) is 5.26. The number of aromatic nitrogens is 6. The van der Waals surface area contributed by atoms with Crippen molar-refractivity contribution >= 4 is 11.3 Å². The Bertz CT molecular complexity index is 1540. The molecule has 4 aromatic rings. The van der Waals surface area contributed by atoms with Crippen molar-refractivity contribution < 1.29 is 31.1 Å². The molecule has 5 rings (SSSR count). The third kappa shape index (κ3) is 4.14. The molecule has 4 aromatic heterocycles. The van der Waals surface area contributed by atoms with Crippen LogP contribution in [0.5, 0.6) is 5.88 Å². The van der Waals surface area contributed by atoms with Gasteiger partial charge in [-0.3, -0.25) is 9.78 Å². The second kappa shape index (κ2) is 8.10. The molecule has 36 heavy (non-hydrogen) atoms. The summed E-state index contributed by atoms with van der Waals surface area (Å²) in [5, 5.41) is 4.21. The van der Waals surface area contributed by atoms with Crippen molar-refractivity contribution in [2.45, 2.75) is 18.6 Å². The Balaban J connectivity index is 1.55. The highest BCUT2D eigenvalue weighted by Crippen LogP contribution is 2.43. The summed E-state index contributed by atoms with van der Waals surface area (Å²) in [6.07, 6.45) is -6.77. The lowest BCUT2D eigenvalue weighted by molar-refractivity contribution is -0.213. The van der Waals surface area contributed by atoms with E-state index in [0.717, 1.165) is 12.3 Å². The van der Waals surface area contributed by atoms with Crippen LogP contribution in [-0.2, 0) is 6.18 Å². The summed E-state index contributed by atoms with van der Waals surface area (Å²) >= 11 is 0. The molecule has 1 saturated heterocycles. The molecule has 0 bridgehead atoms. The van der Waals surface area contributed by atoms with Crippen molar-refractivity contribution in [3.8, 4) is 17.1 Å².